The van der Waals surface area contributed by atoms with Gasteiger partial charge in [-0.25, -0.2) is 0 Å². The van der Waals surface area contributed by atoms with Gasteiger partial charge in [-0.2, -0.15) is 0 Å². The molecule has 0 spiro atoms. The van der Waals surface area contributed by atoms with E-state index in [0.29, 0.717) is 36.6 Å². The lowest BCUT2D eigenvalue weighted by molar-refractivity contribution is -0.137. The molecule has 6 nitrogen and oxygen atoms in total. The molecule has 0 atom stereocenters. The van der Waals surface area contributed by atoms with Crippen molar-refractivity contribution in [1.82, 2.24) is 4.90 Å². The maximum absolute atomic E-state index is 12.3. The van der Waals surface area contributed by atoms with Gasteiger partial charge in [-0.1, -0.05) is 13.3 Å². The molecular formula is C17H25NO5. The van der Waals surface area contributed by atoms with Crippen LogP contribution in [0.2, 0.25) is 0 Å². The molecule has 1 aromatic carbocycles. The second kappa shape index (κ2) is 9.71. The number of carboxylic acids is 1. The van der Waals surface area contributed by atoms with Crippen LogP contribution in [0.4, 0.5) is 0 Å². The molecule has 0 aliphatic rings. The van der Waals surface area contributed by atoms with E-state index < -0.39 is 5.97 Å². The van der Waals surface area contributed by atoms with E-state index in [2.05, 4.69) is 6.92 Å². The Morgan fingerprint density at radius 2 is 1.96 bits per heavy atom. The standard InChI is InChI=1S/C17H25NO5/c1-4-5-11-23-14-9-8-13(12-15(14)22-3)17(21)18(2)10-6-7-16(19)20/h8-9,12H,4-7,10-11H2,1-3H3,(H,19,20). The van der Waals surface area contributed by atoms with E-state index in [1.807, 2.05) is 0 Å². The highest BCUT2D eigenvalue weighted by molar-refractivity contribution is 5.94. The maximum Gasteiger partial charge on any atom is 0.303 e. The third kappa shape index (κ3) is 6.18. The lowest BCUT2D eigenvalue weighted by Crippen LogP contribution is -2.28. The van der Waals surface area contributed by atoms with Crippen molar-refractivity contribution in [2.24, 2.45) is 0 Å². The van der Waals surface area contributed by atoms with Gasteiger partial charge in [0.2, 0.25) is 0 Å². The molecule has 0 saturated carbocycles. The average Bonchev–Trinajstić information content (AvgIpc) is 2.54. The van der Waals surface area contributed by atoms with E-state index >= 15 is 0 Å². The number of carboxylic acid groups (broad SMARTS) is 1. The predicted octanol–water partition coefficient (Wildman–Crippen LogP) is 2.81. The molecule has 0 saturated heterocycles. The van der Waals surface area contributed by atoms with Gasteiger partial charge in [0.15, 0.2) is 11.5 Å². The topological polar surface area (TPSA) is 76.1 Å². The molecule has 1 amide bonds. The van der Waals surface area contributed by atoms with Crippen LogP contribution < -0.4 is 9.47 Å². The Kier molecular flexibility index (Phi) is 7.94. The maximum atomic E-state index is 12.3. The number of aliphatic carboxylic acids is 1. The first-order valence-electron chi connectivity index (χ1n) is 7.77. The zero-order valence-corrected chi connectivity index (χ0v) is 14.0. The van der Waals surface area contributed by atoms with Crippen LogP contribution >= 0.6 is 0 Å². The zero-order chi connectivity index (χ0) is 17.2. The summed E-state index contributed by atoms with van der Waals surface area (Å²) in [7, 11) is 3.19. The average molecular weight is 323 g/mol. The Morgan fingerprint density at radius 1 is 1.22 bits per heavy atom. The number of rotatable bonds is 10. The molecule has 0 aliphatic carbocycles. The predicted molar refractivity (Wildman–Crippen MR) is 87.2 cm³/mol. The summed E-state index contributed by atoms with van der Waals surface area (Å²) in [4.78, 5) is 24.4. The van der Waals surface area contributed by atoms with Crippen LogP contribution in [0, 0.1) is 0 Å². The van der Waals surface area contributed by atoms with Gasteiger partial charge in [-0.15, -0.1) is 0 Å². The number of nitrogens with zero attached hydrogens (tertiary/aromatic N) is 1. The number of unbranched alkanes of at least 4 members (excludes halogenated alkanes) is 1. The molecule has 0 heterocycles. The van der Waals surface area contributed by atoms with E-state index in [1.54, 1.807) is 25.2 Å². The number of hydrogen-bond donors (Lipinski definition) is 1. The van der Waals surface area contributed by atoms with Crippen molar-refractivity contribution in [2.45, 2.75) is 32.6 Å². The largest absolute Gasteiger partial charge is 0.493 e. The summed E-state index contributed by atoms with van der Waals surface area (Å²) in [6.07, 6.45) is 2.47. The summed E-state index contributed by atoms with van der Waals surface area (Å²) >= 11 is 0. The molecular weight excluding hydrogens is 298 g/mol. The second-order valence-electron chi connectivity index (χ2n) is 5.29. The van der Waals surface area contributed by atoms with Gasteiger partial charge in [0, 0.05) is 25.6 Å². The second-order valence-corrected chi connectivity index (χ2v) is 5.29. The SMILES string of the molecule is CCCCOc1ccc(C(=O)N(C)CCCC(=O)O)cc1OC. The van der Waals surface area contributed by atoms with Crippen molar-refractivity contribution < 1.29 is 24.2 Å². The number of benzene rings is 1. The summed E-state index contributed by atoms with van der Waals surface area (Å²) in [5, 5.41) is 8.64. The Hall–Kier alpha value is -2.24. The summed E-state index contributed by atoms with van der Waals surface area (Å²) in [5.41, 5.74) is 0.488. The number of amides is 1. The van der Waals surface area contributed by atoms with Gasteiger partial charge in [0.1, 0.15) is 0 Å². The molecule has 0 fully saturated rings. The van der Waals surface area contributed by atoms with Crippen LogP contribution in [0.15, 0.2) is 18.2 Å². The van der Waals surface area contributed by atoms with Gasteiger partial charge < -0.3 is 19.5 Å². The van der Waals surface area contributed by atoms with Gasteiger partial charge in [-0.05, 0) is 31.0 Å². The molecule has 23 heavy (non-hydrogen) atoms. The number of methoxy groups -OCH3 is 1. The number of ether oxygens (including phenoxy) is 2. The van der Waals surface area contributed by atoms with E-state index in [1.165, 1.54) is 12.0 Å². The summed E-state index contributed by atoms with van der Waals surface area (Å²) in [6.45, 7) is 3.08. The van der Waals surface area contributed by atoms with Crippen LogP contribution in [-0.4, -0.2) is 49.2 Å². The van der Waals surface area contributed by atoms with Gasteiger partial charge in [0.25, 0.3) is 5.91 Å². The lowest BCUT2D eigenvalue weighted by Gasteiger charge is -2.18. The minimum absolute atomic E-state index is 0.0468. The lowest BCUT2D eigenvalue weighted by atomic mass is 10.1. The smallest absolute Gasteiger partial charge is 0.303 e. The van der Waals surface area contributed by atoms with Gasteiger partial charge >= 0.3 is 5.97 Å². The first kappa shape index (κ1) is 18.8. The van der Waals surface area contributed by atoms with E-state index in [-0.39, 0.29) is 12.3 Å². The molecule has 1 N–H and O–H groups in total. The zero-order valence-electron chi connectivity index (χ0n) is 14.0. The number of carbonyl (C=O) groups excluding carboxylic acids is 1. The first-order chi connectivity index (χ1) is 11.0. The number of hydrogen-bond acceptors (Lipinski definition) is 4. The van der Waals surface area contributed by atoms with Crippen LogP contribution in [0.3, 0.4) is 0 Å². The molecule has 1 rings (SSSR count). The normalized spacial score (nSPS) is 10.2. The molecule has 0 aromatic heterocycles. The Bertz CT molecular complexity index is 530. The van der Waals surface area contributed by atoms with Gasteiger partial charge in [0.05, 0.1) is 13.7 Å². The number of carbonyl (C=O) groups is 2. The monoisotopic (exact) mass is 323 g/mol. The van der Waals surface area contributed by atoms with Gasteiger partial charge in [-0.3, -0.25) is 9.59 Å². The van der Waals surface area contributed by atoms with Crippen molar-refractivity contribution in [2.75, 3.05) is 27.3 Å². The Balaban J connectivity index is 2.71. The molecule has 0 bridgehead atoms. The highest BCUT2D eigenvalue weighted by Crippen LogP contribution is 2.28. The summed E-state index contributed by atoms with van der Waals surface area (Å²) < 4.78 is 10.9. The fourth-order valence-electron chi connectivity index (χ4n) is 2.04. The summed E-state index contributed by atoms with van der Waals surface area (Å²) in [6, 6.07) is 5.07. The molecule has 128 valence electrons. The van der Waals surface area contributed by atoms with Crippen LogP contribution in [-0.2, 0) is 4.79 Å². The Morgan fingerprint density at radius 3 is 2.57 bits per heavy atom. The van der Waals surface area contributed by atoms with E-state index in [9.17, 15) is 9.59 Å². The van der Waals surface area contributed by atoms with Crippen LogP contribution in [0.1, 0.15) is 43.0 Å². The highest BCUT2D eigenvalue weighted by atomic mass is 16.5. The van der Waals surface area contributed by atoms with E-state index in [4.69, 9.17) is 14.6 Å². The third-order valence-corrected chi connectivity index (χ3v) is 3.40. The summed E-state index contributed by atoms with van der Waals surface area (Å²) in [5.74, 6) is 0.104. The van der Waals surface area contributed by atoms with E-state index in [0.717, 1.165) is 12.8 Å². The van der Waals surface area contributed by atoms with Crippen molar-refractivity contribution in [1.29, 1.82) is 0 Å². The van der Waals surface area contributed by atoms with Crippen molar-refractivity contribution in [3.8, 4) is 11.5 Å². The van der Waals surface area contributed by atoms with Crippen LogP contribution in [0.5, 0.6) is 11.5 Å². The minimum atomic E-state index is -0.860. The fraction of sp³-hybridized carbons (Fsp3) is 0.529. The quantitative estimate of drug-likeness (QED) is 0.670. The highest BCUT2D eigenvalue weighted by Gasteiger charge is 2.15. The van der Waals surface area contributed by atoms with Crippen molar-refractivity contribution in [3.05, 3.63) is 23.8 Å². The molecule has 6 heteroatoms. The van der Waals surface area contributed by atoms with Crippen molar-refractivity contribution >= 4 is 11.9 Å². The molecule has 0 radical (unpaired) electrons. The molecule has 0 aliphatic heterocycles. The first-order valence-corrected chi connectivity index (χ1v) is 7.77. The van der Waals surface area contributed by atoms with Crippen molar-refractivity contribution in [3.63, 3.8) is 0 Å². The molecule has 1 aromatic rings. The molecule has 0 unspecified atom stereocenters. The third-order valence-electron chi connectivity index (χ3n) is 3.40. The Labute approximate surface area is 137 Å². The minimum Gasteiger partial charge on any atom is -0.493 e. The fourth-order valence-corrected chi connectivity index (χ4v) is 2.04. The van der Waals surface area contributed by atoms with Crippen LogP contribution in [0.25, 0.3) is 0 Å².